The van der Waals surface area contributed by atoms with Crippen molar-refractivity contribution in [2.45, 2.75) is 28.8 Å². The third-order valence-corrected chi connectivity index (χ3v) is 12.0. The van der Waals surface area contributed by atoms with Gasteiger partial charge in [0.05, 0.1) is 37.5 Å². The van der Waals surface area contributed by atoms with Gasteiger partial charge in [-0.2, -0.15) is 13.2 Å². The van der Waals surface area contributed by atoms with Crippen LogP contribution in [0.3, 0.4) is 0 Å². The maximum absolute atomic E-state index is 12.9. The molecule has 0 amide bonds. The van der Waals surface area contributed by atoms with E-state index in [1.165, 1.54) is 50.6 Å². The first-order valence-corrected chi connectivity index (χ1v) is 23.1. The minimum Gasteiger partial charge on any atom is -0.497 e. The number of methoxy groups -OCH3 is 2. The molecule has 6 rings (SSSR count). The highest BCUT2D eigenvalue weighted by molar-refractivity contribution is 7.93. The van der Waals surface area contributed by atoms with Crippen LogP contribution in [-0.4, -0.2) is 79.6 Å². The van der Waals surface area contributed by atoms with Crippen molar-refractivity contribution in [2.75, 3.05) is 50.1 Å². The second-order valence-corrected chi connectivity index (χ2v) is 17.4. The van der Waals surface area contributed by atoms with Gasteiger partial charge in [0, 0.05) is 28.6 Å². The summed E-state index contributed by atoms with van der Waals surface area (Å²) in [5, 5.41) is 17.9. The molecule has 0 saturated heterocycles. The second kappa shape index (κ2) is 23.7. The van der Waals surface area contributed by atoms with Crippen LogP contribution in [-0.2, 0) is 48.7 Å². The molecule has 16 nitrogen and oxygen atoms in total. The van der Waals surface area contributed by atoms with Crippen molar-refractivity contribution in [3.8, 4) is 34.5 Å². The number of para-hydroxylation sites is 2. The van der Waals surface area contributed by atoms with Crippen LogP contribution in [0, 0.1) is 0 Å². The number of carbonyl (C=O) groups is 2. The molecule has 68 heavy (non-hydrogen) atoms. The number of carboxylic acids is 2. The number of anilines is 2. The van der Waals surface area contributed by atoms with Crippen LogP contribution in [0.5, 0.6) is 34.5 Å². The number of alkyl halides is 3. The summed E-state index contributed by atoms with van der Waals surface area (Å²) in [6, 6.07) is 33.8. The van der Waals surface area contributed by atoms with E-state index in [0.717, 1.165) is 18.2 Å². The Balaban J connectivity index is 0.000000254. The van der Waals surface area contributed by atoms with Gasteiger partial charge in [-0.3, -0.25) is 19.0 Å². The number of carboxylic acid groups (broad SMARTS) is 2. The molecule has 6 aromatic rings. The average molecular weight is 983 g/mol. The maximum atomic E-state index is 12.9. The lowest BCUT2D eigenvalue weighted by atomic mass is 10.1. The second-order valence-electron chi connectivity index (χ2n) is 14.1. The van der Waals surface area contributed by atoms with Crippen LogP contribution < -0.4 is 37.9 Å². The van der Waals surface area contributed by atoms with E-state index in [-0.39, 0.29) is 55.6 Å². The number of ether oxygens (including phenoxy) is 6. The Morgan fingerprint density at radius 3 is 1.43 bits per heavy atom. The summed E-state index contributed by atoms with van der Waals surface area (Å²) in [5.41, 5.74) is 0.540. The Hall–Kier alpha value is -7.65. The molecule has 0 aliphatic rings. The lowest BCUT2D eigenvalue weighted by molar-refractivity contribution is -0.138. The fraction of sp³-hybridized carbons (Fsp3) is 0.191. The van der Waals surface area contributed by atoms with Gasteiger partial charge in [0.25, 0.3) is 20.0 Å². The molecule has 0 spiro atoms. The van der Waals surface area contributed by atoms with Crippen LogP contribution in [0.1, 0.15) is 16.7 Å². The topological polar surface area (TPSA) is 222 Å². The first-order chi connectivity index (χ1) is 32.4. The van der Waals surface area contributed by atoms with Crippen molar-refractivity contribution < 1.29 is 78.2 Å². The number of halogens is 3. The highest BCUT2D eigenvalue weighted by Crippen LogP contribution is 2.32. The molecule has 0 unspecified atom stereocenters. The Labute approximate surface area is 389 Å². The molecule has 0 aromatic heterocycles. The summed E-state index contributed by atoms with van der Waals surface area (Å²) in [6.45, 7) is 0.700. The van der Waals surface area contributed by atoms with Crippen molar-refractivity contribution in [2.24, 2.45) is 0 Å². The van der Waals surface area contributed by atoms with E-state index < -0.39 is 48.6 Å². The first-order valence-electron chi connectivity index (χ1n) is 20.1. The van der Waals surface area contributed by atoms with E-state index in [2.05, 4.69) is 9.44 Å². The minimum absolute atomic E-state index is 0.0463. The zero-order valence-corrected chi connectivity index (χ0v) is 37.9. The summed E-state index contributed by atoms with van der Waals surface area (Å²) in [5.74, 6) is 0.521. The van der Waals surface area contributed by atoms with E-state index in [1.54, 1.807) is 78.9 Å². The zero-order valence-electron chi connectivity index (χ0n) is 36.3. The van der Waals surface area contributed by atoms with E-state index in [4.69, 9.17) is 38.6 Å². The van der Waals surface area contributed by atoms with Gasteiger partial charge in [0.15, 0.2) is 0 Å². The van der Waals surface area contributed by atoms with Crippen molar-refractivity contribution in [3.63, 3.8) is 0 Å². The number of nitrogens with one attached hydrogen (secondary N) is 2. The molecular weight excluding hydrogens is 938 g/mol. The number of hydrogen-bond donors (Lipinski definition) is 4. The monoisotopic (exact) mass is 982 g/mol. The van der Waals surface area contributed by atoms with Gasteiger partial charge < -0.3 is 38.6 Å². The molecule has 4 N–H and O–H groups in total. The zero-order chi connectivity index (χ0) is 49.3. The molecular formula is C47H45F3N2O14S2. The largest absolute Gasteiger partial charge is 0.497 e. The predicted octanol–water partition coefficient (Wildman–Crippen LogP) is 8.18. The van der Waals surface area contributed by atoms with Gasteiger partial charge in [-0.25, -0.2) is 16.8 Å². The average Bonchev–Trinajstić information content (AvgIpc) is 3.30. The maximum Gasteiger partial charge on any atom is 0.416 e. The van der Waals surface area contributed by atoms with E-state index in [9.17, 15) is 39.6 Å². The highest BCUT2D eigenvalue weighted by atomic mass is 32.2. The van der Waals surface area contributed by atoms with Crippen LogP contribution >= 0.6 is 0 Å². The number of hydrogen-bond acceptors (Lipinski definition) is 12. The highest BCUT2D eigenvalue weighted by Gasteiger charge is 2.31. The summed E-state index contributed by atoms with van der Waals surface area (Å²) in [7, 11) is -5.31. The molecule has 21 heteroatoms. The normalized spacial score (nSPS) is 11.2. The summed E-state index contributed by atoms with van der Waals surface area (Å²) >= 11 is 0. The third kappa shape index (κ3) is 15.5. The van der Waals surface area contributed by atoms with Crippen LogP contribution in [0.2, 0.25) is 0 Å². The van der Waals surface area contributed by atoms with Crippen molar-refractivity contribution in [1.82, 2.24) is 0 Å². The molecule has 0 bridgehead atoms. The SMILES string of the molecule is COc1ccc(OC)c(S(=O)(=O)Nc2ccc(OCCOc3ccccc3CC(=O)O)cc2)c1.O=C(O)Cc1ccccc1OCCOc1ccc(NS(=O)(=O)c2cccc(C(F)(F)F)c2)cc1. The molecule has 0 aliphatic carbocycles. The molecule has 0 fully saturated rings. The molecule has 0 saturated carbocycles. The van der Waals surface area contributed by atoms with E-state index in [0.29, 0.717) is 51.6 Å². The Kier molecular flexibility index (Phi) is 17.9. The van der Waals surface area contributed by atoms with Gasteiger partial charge in [0.1, 0.15) is 65.8 Å². The van der Waals surface area contributed by atoms with Crippen LogP contribution in [0.15, 0.2) is 149 Å². The van der Waals surface area contributed by atoms with Gasteiger partial charge in [-0.15, -0.1) is 0 Å². The molecule has 360 valence electrons. The lowest BCUT2D eigenvalue weighted by Gasteiger charge is -2.13. The lowest BCUT2D eigenvalue weighted by Crippen LogP contribution is -2.14. The van der Waals surface area contributed by atoms with Crippen molar-refractivity contribution in [3.05, 3.63) is 156 Å². The summed E-state index contributed by atoms with van der Waals surface area (Å²) in [6.07, 6.45) is -4.96. The standard InChI is InChI=1S/C24H25NO8S.C23H20F3NO6S/c1-30-20-11-12-22(31-2)23(16-20)34(28,29)25-18-7-9-19(10-8-18)32-13-14-33-21-6-4-3-5-17(21)15-24(26)27;24-23(25,26)17-5-3-6-20(15-17)34(30,31)27-18-8-10-19(11-9-18)32-12-13-33-21-7-2-1-4-16(21)14-22(28)29/h3-12,16,25H,13-15H2,1-2H3,(H,26,27);1-11,15,27H,12-14H2,(H,28,29). The van der Waals surface area contributed by atoms with Crippen LogP contribution in [0.4, 0.5) is 24.5 Å². The molecule has 0 atom stereocenters. The summed E-state index contributed by atoms with van der Waals surface area (Å²) < 4.78 is 127. The fourth-order valence-corrected chi connectivity index (χ4v) is 8.37. The van der Waals surface area contributed by atoms with Gasteiger partial charge in [-0.1, -0.05) is 42.5 Å². The van der Waals surface area contributed by atoms with Gasteiger partial charge in [0.2, 0.25) is 0 Å². The molecule has 6 aromatic carbocycles. The minimum atomic E-state index is -4.66. The predicted molar refractivity (Wildman–Crippen MR) is 243 cm³/mol. The summed E-state index contributed by atoms with van der Waals surface area (Å²) in [4.78, 5) is 21.3. The van der Waals surface area contributed by atoms with E-state index >= 15 is 0 Å². The first kappa shape index (κ1) is 51.3. The van der Waals surface area contributed by atoms with Gasteiger partial charge >= 0.3 is 18.1 Å². The smallest absolute Gasteiger partial charge is 0.416 e. The van der Waals surface area contributed by atoms with Crippen molar-refractivity contribution >= 4 is 43.4 Å². The number of sulfonamides is 2. The number of benzene rings is 6. The molecule has 0 heterocycles. The number of rotatable bonds is 22. The number of aliphatic carboxylic acids is 2. The Morgan fingerprint density at radius 1 is 0.515 bits per heavy atom. The fourth-order valence-electron chi connectivity index (χ4n) is 6.03. The molecule has 0 aliphatic heterocycles. The molecule has 0 radical (unpaired) electrons. The van der Waals surface area contributed by atoms with Gasteiger partial charge in [-0.05, 0) is 91.0 Å². The van der Waals surface area contributed by atoms with Crippen molar-refractivity contribution in [1.29, 1.82) is 0 Å². The van der Waals surface area contributed by atoms with Crippen LogP contribution in [0.25, 0.3) is 0 Å². The Morgan fingerprint density at radius 2 is 0.971 bits per heavy atom. The van der Waals surface area contributed by atoms with E-state index in [1.807, 2.05) is 0 Å². The quantitative estimate of drug-likeness (QED) is 0.0471. The third-order valence-electron chi connectivity index (χ3n) is 9.19. The Bertz CT molecular complexity index is 2860.